The molecule has 0 amide bonds. The number of hydrogen-bond donors (Lipinski definition) is 0. The maximum atomic E-state index is 13.9. The van der Waals surface area contributed by atoms with Crippen molar-refractivity contribution in [3.63, 3.8) is 0 Å². The lowest BCUT2D eigenvalue weighted by atomic mass is 9.75. The topological polar surface area (TPSA) is 26.3 Å². The van der Waals surface area contributed by atoms with Crippen LogP contribution in [0.15, 0.2) is 22.7 Å². The molecule has 2 unspecified atom stereocenters. The van der Waals surface area contributed by atoms with E-state index in [-0.39, 0.29) is 11.3 Å². The number of rotatable bonds is 3. The number of benzene rings is 1. The number of carbonyl (C=O) groups excluding carboxylic acids is 1. The summed E-state index contributed by atoms with van der Waals surface area (Å²) >= 11 is 3.28. The molecular weight excluding hydrogens is 311 g/mol. The summed E-state index contributed by atoms with van der Waals surface area (Å²) in [5.74, 6) is -0.295. The van der Waals surface area contributed by atoms with E-state index in [1.165, 1.54) is 12.1 Å². The monoisotopic (exact) mass is 328 g/mol. The van der Waals surface area contributed by atoms with Crippen LogP contribution in [0.25, 0.3) is 0 Å². The van der Waals surface area contributed by atoms with Crippen LogP contribution in [0.3, 0.4) is 0 Å². The molecule has 1 fully saturated rings. The number of methoxy groups -OCH3 is 1. The van der Waals surface area contributed by atoms with E-state index in [1.807, 2.05) is 0 Å². The van der Waals surface area contributed by atoms with Crippen LogP contribution in [0.2, 0.25) is 0 Å². The van der Waals surface area contributed by atoms with Gasteiger partial charge in [-0.3, -0.25) is 4.79 Å². The molecule has 2 rings (SSSR count). The lowest BCUT2D eigenvalue weighted by Crippen LogP contribution is -2.45. The summed E-state index contributed by atoms with van der Waals surface area (Å²) in [4.78, 5) is 12.7. The quantitative estimate of drug-likeness (QED) is 0.770. The van der Waals surface area contributed by atoms with Gasteiger partial charge in [-0.1, -0.05) is 29.3 Å². The molecule has 0 N–H and O–H groups in total. The molecule has 19 heavy (non-hydrogen) atoms. The first-order valence-corrected chi connectivity index (χ1v) is 7.33. The fourth-order valence-corrected chi connectivity index (χ4v) is 3.27. The largest absolute Gasteiger partial charge is 0.370 e. The summed E-state index contributed by atoms with van der Waals surface area (Å²) in [7, 11) is 1.55. The third-order valence-corrected chi connectivity index (χ3v) is 4.43. The van der Waals surface area contributed by atoms with E-state index in [9.17, 15) is 9.18 Å². The second-order valence-electron chi connectivity index (χ2n) is 5.35. The molecule has 0 aliphatic heterocycles. The van der Waals surface area contributed by atoms with Crippen LogP contribution in [0, 0.1) is 11.7 Å². The number of Topliss-reactive ketones (excluding diaryl/α,β-unsaturated/α-hetero) is 1. The third kappa shape index (κ3) is 2.90. The third-order valence-electron chi connectivity index (χ3n) is 3.93. The lowest BCUT2D eigenvalue weighted by molar-refractivity contribution is -0.0305. The number of carbonyl (C=O) groups is 1. The molecule has 1 aromatic rings. The second kappa shape index (κ2) is 5.71. The molecule has 2 atom stereocenters. The first kappa shape index (κ1) is 14.7. The molecule has 0 radical (unpaired) electrons. The first-order valence-electron chi connectivity index (χ1n) is 6.53. The Morgan fingerprint density at radius 2 is 2.26 bits per heavy atom. The molecule has 1 aliphatic carbocycles. The minimum absolute atomic E-state index is 0.116. The number of hydrogen-bond acceptors (Lipinski definition) is 2. The molecule has 1 aliphatic rings. The molecule has 0 spiro atoms. The smallest absolute Gasteiger partial charge is 0.197 e. The Labute approximate surface area is 121 Å². The minimum atomic E-state index is -0.862. The van der Waals surface area contributed by atoms with Crippen molar-refractivity contribution < 1.29 is 13.9 Å². The first-order chi connectivity index (χ1) is 8.98. The summed E-state index contributed by atoms with van der Waals surface area (Å²) in [6.07, 6.45) is 3.36. The highest BCUT2D eigenvalue weighted by Crippen LogP contribution is 2.38. The molecule has 104 valence electrons. The SMILES string of the molecule is COC1(C(=O)c2cc(Br)ccc2F)CCCC(C)C1. The van der Waals surface area contributed by atoms with Gasteiger partial charge in [0.15, 0.2) is 5.78 Å². The van der Waals surface area contributed by atoms with Crippen molar-refractivity contribution in [3.8, 4) is 0 Å². The summed E-state index contributed by atoms with van der Waals surface area (Å²) in [6.45, 7) is 2.11. The van der Waals surface area contributed by atoms with Crippen molar-refractivity contribution in [1.29, 1.82) is 0 Å². The van der Waals surface area contributed by atoms with Gasteiger partial charge in [0, 0.05) is 11.6 Å². The molecule has 0 aromatic heterocycles. The van der Waals surface area contributed by atoms with Crippen LogP contribution >= 0.6 is 15.9 Å². The van der Waals surface area contributed by atoms with E-state index in [1.54, 1.807) is 13.2 Å². The maximum Gasteiger partial charge on any atom is 0.197 e. The van der Waals surface area contributed by atoms with Crippen LogP contribution in [0.5, 0.6) is 0 Å². The van der Waals surface area contributed by atoms with Gasteiger partial charge in [-0.2, -0.15) is 0 Å². The summed E-state index contributed by atoms with van der Waals surface area (Å²) in [6, 6.07) is 4.44. The van der Waals surface area contributed by atoms with Gasteiger partial charge in [0.1, 0.15) is 11.4 Å². The van der Waals surface area contributed by atoms with Gasteiger partial charge in [0.05, 0.1) is 5.56 Å². The summed E-state index contributed by atoms with van der Waals surface area (Å²) < 4.78 is 20.1. The van der Waals surface area contributed by atoms with Crippen LogP contribution in [0.4, 0.5) is 4.39 Å². The number of ether oxygens (including phenoxy) is 1. The summed E-state index contributed by atoms with van der Waals surface area (Å²) in [5.41, 5.74) is -0.746. The Hall–Kier alpha value is -0.740. The van der Waals surface area contributed by atoms with Crippen molar-refractivity contribution in [2.45, 2.75) is 38.2 Å². The van der Waals surface area contributed by atoms with Gasteiger partial charge in [-0.25, -0.2) is 4.39 Å². The Morgan fingerprint density at radius 1 is 1.53 bits per heavy atom. The van der Waals surface area contributed by atoms with E-state index < -0.39 is 11.4 Å². The highest BCUT2D eigenvalue weighted by Gasteiger charge is 2.43. The van der Waals surface area contributed by atoms with E-state index >= 15 is 0 Å². The van der Waals surface area contributed by atoms with Gasteiger partial charge in [-0.05, 0) is 43.4 Å². The highest BCUT2D eigenvalue weighted by atomic mass is 79.9. The van der Waals surface area contributed by atoms with Crippen molar-refractivity contribution in [3.05, 3.63) is 34.1 Å². The van der Waals surface area contributed by atoms with Gasteiger partial charge < -0.3 is 4.74 Å². The van der Waals surface area contributed by atoms with Crippen molar-refractivity contribution >= 4 is 21.7 Å². The molecule has 4 heteroatoms. The molecule has 0 bridgehead atoms. The van der Waals surface area contributed by atoms with Crippen LogP contribution in [-0.4, -0.2) is 18.5 Å². The molecule has 2 nitrogen and oxygen atoms in total. The average Bonchev–Trinajstić information content (AvgIpc) is 2.40. The Bertz CT molecular complexity index is 489. The van der Waals surface area contributed by atoms with Gasteiger partial charge in [0.2, 0.25) is 0 Å². The fourth-order valence-electron chi connectivity index (χ4n) is 2.90. The molecule has 1 saturated carbocycles. The van der Waals surface area contributed by atoms with Crippen LogP contribution in [-0.2, 0) is 4.74 Å². The average molecular weight is 329 g/mol. The Kier molecular flexibility index (Phi) is 4.41. The van der Waals surface area contributed by atoms with E-state index in [0.29, 0.717) is 23.2 Å². The van der Waals surface area contributed by atoms with Crippen molar-refractivity contribution in [2.24, 2.45) is 5.92 Å². The normalized spacial score (nSPS) is 27.3. The Balaban J connectivity index is 2.37. The van der Waals surface area contributed by atoms with E-state index in [4.69, 9.17) is 4.74 Å². The van der Waals surface area contributed by atoms with Crippen LogP contribution < -0.4 is 0 Å². The standard InChI is InChI=1S/C15H18BrFO2/c1-10-4-3-7-15(9-10,19-2)14(18)12-8-11(16)5-6-13(12)17/h5-6,8,10H,3-4,7,9H2,1-2H3. The van der Waals surface area contributed by atoms with E-state index in [2.05, 4.69) is 22.9 Å². The predicted octanol–water partition coefficient (Wildman–Crippen LogP) is 4.37. The zero-order valence-corrected chi connectivity index (χ0v) is 12.8. The second-order valence-corrected chi connectivity index (χ2v) is 6.27. The van der Waals surface area contributed by atoms with E-state index in [0.717, 1.165) is 12.8 Å². The number of halogens is 2. The molecule has 0 saturated heterocycles. The highest BCUT2D eigenvalue weighted by molar-refractivity contribution is 9.10. The fraction of sp³-hybridized carbons (Fsp3) is 0.533. The van der Waals surface area contributed by atoms with Crippen molar-refractivity contribution in [2.75, 3.05) is 7.11 Å². The molecular formula is C15H18BrFO2. The van der Waals surface area contributed by atoms with Gasteiger partial charge in [-0.15, -0.1) is 0 Å². The molecule has 0 heterocycles. The maximum absolute atomic E-state index is 13.9. The lowest BCUT2D eigenvalue weighted by Gasteiger charge is -2.37. The summed E-state index contributed by atoms with van der Waals surface area (Å²) in [5, 5.41) is 0. The zero-order chi connectivity index (χ0) is 14.0. The number of ketones is 1. The predicted molar refractivity (Wildman–Crippen MR) is 75.8 cm³/mol. The molecule has 1 aromatic carbocycles. The van der Waals surface area contributed by atoms with Crippen LogP contribution in [0.1, 0.15) is 43.0 Å². The van der Waals surface area contributed by atoms with Gasteiger partial charge >= 0.3 is 0 Å². The minimum Gasteiger partial charge on any atom is -0.370 e. The van der Waals surface area contributed by atoms with Gasteiger partial charge in [0.25, 0.3) is 0 Å². The van der Waals surface area contributed by atoms with Crippen molar-refractivity contribution in [1.82, 2.24) is 0 Å². The Morgan fingerprint density at radius 3 is 2.89 bits per heavy atom. The zero-order valence-electron chi connectivity index (χ0n) is 11.2.